The van der Waals surface area contributed by atoms with Crippen molar-refractivity contribution >= 4 is 5.91 Å². The Morgan fingerprint density at radius 1 is 1.56 bits per heavy atom. The Morgan fingerprint density at radius 2 is 2.39 bits per heavy atom. The van der Waals surface area contributed by atoms with Gasteiger partial charge in [-0.15, -0.1) is 0 Å². The van der Waals surface area contributed by atoms with E-state index in [1.54, 1.807) is 6.26 Å². The summed E-state index contributed by atoms with van der Waals surface area (Å²) in [5.74, 6) is 1.11. The average Bonchev–Trinajstić information content (AvgIpc) is 3.06. The lowest BCUT2D eigenvalue weighted by Crippen LogP contribution is -2.44. The number of amides is 1. The van der Waals surface area contributed by atoms with Gasteiger partial charge in [-0.3, -0.25) is 4.79 Å². The van der Waals surface area contributed by atoms with Gasteiger partial charge in [0.1, 0.15) is 5.76 Å². The monoisotopic (exact) mass is 250 g/mol. The van der Waals surface area contributed by atoms with E-state index in [1.807, 2.05) is 24.0 Å². The molecule has 1 amide bonds. The Balaban J connectivity index is 2.09. The highest BCUT2D eigenvalue weighted by atomic mass is 16.3. The minimum absolute atomic E-state index is 0.206. The smallest absolute Gasteiger partial charge is 0.230 e. The second kappa shape index (κ2) is 5.57. The van der Waals surface area contributed by atoms with Crippen molar-refractivity contribution < 1.29 is 9.21 Å². The first kappa shape index (κ1) is 13.1. The SMILES string of the molecule is CCN(Cc1ccco1)C(=O)C1(CC)CCNC1. The van der Waals surface area contributed by atoms with Crippen LogP contribution >= 0.6 is 0 Å². The molecule has 0 bridgehead atoms. The van der Waals surface area contributed by atoms with Crippen LogP contribution in [0.15, 0.2) is 22.8 Å². The molecule has 1 aliphatic heterocycles. The number of furan rings is 1. The van der Waals surface area contributed by atoms with E-state index in [0.29, 0.717) is 6.54 Å². The van der Waals surface area contributed by atoms with Gasteiger partial charge in [-0.2, -0.15) is 0 Å². The molecule has 1 saturated heterocycles. The van der Waals surface area contributed by atoms with Gasteiger partial charge in [0, 0.05) is 13.1 Å². The highest BCUT2D eigenvalue weighted by molar-refractivity contribution is 5.83. The summed E-state index contributed by atoms with van der Waals surface area (Å²) in [6, 6.07) is 3.78. The van der Waals surface area contributed by atoms with Gasteiger partial charge in [-0.1, -0.05) is 6.92 Å². The molecule has 4 nitrogen and oxygen atoms in total. The Morgan fingerprint density at radius 3 is 2.89 bits per heavy atom. The first-order valence-corrected chi connectivity index (χ1v) is 6.74. The van der Waals surface area contributed by atoms with Crippen molar-refractivity contribution in [3.8, 4) is 0 Å². The van der Waals surface area contributed by atoms with Crippen LogP contribution in [0.4, 0.5) is 0 Å². The van der Waals surface area contributed by atoms with E-state index in [0.717, 1.165) is 38.2 Å². The van der Waals surface area contributed by atoms with E-state index < -0.39 is 0 Å². The van der Waals surface area contributed by atoms with Crippen LogP contribution < -0.4 is 5.32 Å². The molecule has 1 aromatic heterocycles. The quantitative estimate of drug-likeness (QED) is 0.869. The molecule has 1 aromatic rings. The first-order valence-electron chi connectivity index (χ1n) is 6.74. The van der Waals surface area contributed by atoms with Gasteiger partial charge in [0.15, 0.2) is 0 Å². The topological polar surface area (TPSA) is 45.5 Å². The predicted octanol–water partition coefficient (Wildman–Crippen LogP) is 2.02. The van der Waals surface area contributed by atoms with Crippen molar-refractivity contribution in [3.63, 3.8) is 0 Å². The van der Waals surface area contributed by atoms with Crippen LogP contribution in [0.3, 0.4) is 0 Å². The molecule has 0 aromatic carbocycles. The highest BCUT2D eigenvalue weighted by Gasteiger charge is 2.41. The maximum atomic E-state index is 12.7. The van der Waals surface area contributed by atoms with Gasteiger partial charge in [0.2, 0.25) is 5.91 Å². The maximum absolute atomic E-state index is 12.7. The van der Waals surface area contributed by atoms with Crippen molar-refractivity contribution in [2.24, 2.45) is 5.41 Å². The molecule has 18 heavy (non-hydrogen) atoms. The van der Waals surface area contributed by atoms with Crippen LogP contribution in [0.25, 0.3) is 0 Å². The van der Waals surface area contributed by atoms with Crippen molar-refractivity contribution in [3.05, 3.63) is 24.2 Å². The maximum Gasteiger partial charge on any atom is 0.230 e. The molecule has 2 rings (SSSR count). The predicted molar refractivity (Wildman–Crippen MR) is 70.0 cm³/mol. The minimum Gasteiger partial charge on any atom is -0.467 e. The molecule has 1 atom stereocenters. The molecule has 0 saturated carbocycles. The van der Waals surface area contributed by atoms with Crippen LogP contribution in [-0.2, 0) is 11.3 Å². The van der Waals surface area contributed by atoms with Crippen molar-refractivity contribution in [2.45, 2.75) is 33.2 Å². The molecule has 1 aliphatic rings. The number of carbonyl (C=O) groups excluding carboxylic acids is 1. The second-order valence-corrected chi connectivity index (χ2v) is 4.96. The molecular formula is C14H22N2O2. The van der Waals surface area contributed by atoms with Gasteiger partial charge in [0.05, 0.1) is 18.2 Å². The molecule has 0 aliphatic carbocycles. The summed E-state index contributed by atoms with van der Waals surface area (Å²) < 4.78 is 5.34. The third-order valence-electron chi connectivity index (χ3n) is 3.97. The number of nitrogens with one attached hydrogen (secondary N) is 1. The Kier molecular flexibility index (Phi) is 4.07. The standard InChI is InChI=1S/C14H22N2O2/c1-3-14(7-8-15-11-14)13(17)16(4-2)10-12-6-5-9-18-12/h5-6,9,15H,3-4,7-8,10-11H2,1-2H3. The number of hydrogen-bond donors (Lipinski definition) is 1. The largest absolute Gasteiger partial charge is 0.467 e. The highest BCUT2D eigenvalue weighted by Crippen LogP contribution is 2.32. The molecule has 1 fully saturated rings. The number of carbonyl (C=O) groups is 1. The van der Waals surface area contributed by atoms with Crippen LogP contribution in [-0.4, -0.2) is 30.4 Å². The fourth-order valence-electron chi connectivity index (χ4n) is 2.63. The van der Waals surface area contributed by atoms with Crippen LogP contribution in [0.2, 0.25) is 0 Å². The summed E-state index contributed by atoms with van der Waals surface area (Å²) in [5, 5.41) is 3.31. The molecule has 100 valence electrons. The Hall–Kier alpha value is -1.29. The van der Waals surface area contributed by atoms with E-state index >= 15 is 0 Å². The summed E-state index contributed by atoms with van der Waals surface area (Å²) in [6.07, 6.45) is 3.49. The molecule has 4 heteroatoms. The molecular weight excluding hydrogens is 228 g/mol. The molecule has 0 radical (unpaired) electrons. The van der Waals surface area contributed by atoms with E-state index in [9.17, 15) is 4.79 Å². The zero-order valence-corrected chi connectivity index (χ0v) is 11.2. The summed E-state index contributed by atoms with van der Waals surface area (Å²) in [4.78, 5) is 14.6. The molecule has 2 heterocycles. The molecule has 0 spiro atoms. The summed E-state index contributed by atoms with van der Waals surface area (Å²) >= 11 is 0. The van der Waals surface area contributed by atoms with Gasteiger partial charge in [0.25, 0.3) is 0 Å². The zero-order chi connectivity index (χ0) is 13.0. The lowest BCUT2D eigenvalue weighted by molar-refractivity contribution is -0.142. The Labute approximate surface area is 108 Å². The molecule has 1 N–H and O–H groups in total. The Bertz CT molecular complexity index is 381. The molecule has 1 unspecified atom stereocenters. The van der Waals surface area contributed by atoms with Crippen LogP contribution in [0.5, 0.6) is 0 Å². The van der Waals surface area contributed by atoms with E-state index in [1.165, 1.54) is 0 Å². The zero-order valence-electron chi connectivity index (χ0n) is 11.2. The van der Waals surface area contributed by atoms with Gasteiger partial charge in [-0.05, 0) is 38.4 Å². The van der Waals surface area contributed by atoms with Crippen molar-refractivity contribution in [2.75, 3.05) is 19.6 Å². The normalized spacial score (nSPS) is 23.2. The van der Waals surface area contributed by atoms with Gasteiger partial charge in [-0.25, -0.2) is 0 Å². The number of hydrogen-bond acceptors (Lipinski definition) is 3. The lowest BCUT2D eigenvalue weighted by atomic mass is 9.82. The van der Waals surface area contributed by atoms with Gasteiger partial charge < -0.3 is 14.6 Å². The third-order valence-corrected chi connectivity index (χ3v) is 3.97. The van der Waals surface area contributed by atoms with E-state index in [4.69, 9.17) is 4.42 Å². The number of rotatable bonds is 5. The van der Waals surface area contributed by atoms with Crippen molar-refractivity contribution in [1.82, 2.24) is 10.2 Å². The number of nitrogens with zero attached hydrogens (tertiary/aromatic N) is 1. The van der Waals surface area contributed by atoms with Crippen LogP contribution in [0, 0.1) is 5.41 Å². The summed E-state index contributed by atoms with van der Waals surface area (Å²) in [7, 11) is 0. The van der Waals surface area contributed by atoms with E-state index in [2.05, 4.69) is 12.2 Å². The second-order valence-electron chi connectivity index (χ2n) is 4.96. The average molecular weight is 250 g/mol. The summed E-state index contributed by atoms with van der Waals surface area (Å²) in [5.41, 5.74) is -0.206. The minimum atomic E-state index is -0.206. The van der Waals surface area contributed by atoms with Crippen molar-refractivity contribution in [1.29, 1.82) is 0 Å². The van der Waals surface area contributed by atoms with Gasteiger partial charge >= 0.3 is 0 Å². The first-order chi connectivity index (χ1) is 8.72. The lowest BCUT2D eigenvalue weighted by Gasteiger charge is -2.32. The van der Waals surface area contributed by atoms with Crippen LogP contribution in [0.1, 0.15) is 32.4 Å². The van der Waals surface area contributed by atoms with E-state index in [-0.39, 0.29) is 11.3 Å². The summed E-state index contributed by atoms with van der Waals surface area (Å²) in [6.45, 7) is 7.17. The third kappa shape index (κ3) is 2.43. The fraction of sp³-hybridized carbons (Fsp3) is 0.643. The fourth-order valence-corrected chi connectivity index (χ4v) is 2.63.